The zero-order chi connectivity index (χ0) is 19.4. The fourth-order valence-electron chi connectivity index (χ4n) is 2.49. The molecule has 8 heteroatoms. The lowest BCUT2D eigenvalue weighted by Crippen LogP contribution is -2.32. The molecule has 0 aliphatic heterocycles. The molecule has 0 saturated carbocycles. The van der Waals surface area contributed by atoms with Gasteiger partial charge >= 0.3 is 0 Å². The van der Waals surface area contributed by atoms with Gasteiger partial charge in [-0.2, -0.15) is 0 Å². The SMILES string of the molecule is CC(Sc1nnc(-c2cccc(Br)c2)o1)C(=O)N(C)Cc1cccc(F)c1. The summed E-state index contributed by atoms with van der Waals surface area (Å²) in [6.45, 7) is 2.10. The largest absolute Gasteiger partial charge is 0.411 e. The molecule has 5 nitrogen and oxygen atoms in total. The number of hydrogen-bond donors (Lipinski definition) is 0. The van der Waals surface area contributed by atoms with Crippen molar-refractivity contribution in [1.29, 1.82) is 0 Å². The van der Waals surface area contributed by atoms with Gasteiger partial charge in [-0.05, 0) is 42.8 Å². The maximum Gasteiger partial charge on any atom is 0.277 e. The number of thioether (sulfide) groups is 1. The van der Waals surface area contributed by atoms with E-state index in [2.05, 4.69) is 26.1 Å². The van der Waals surface area contributed by atoms with Crippen LogP contribution in [0.2, 0.25) is 0 Å². The van der Waals surface area contributed by atoms with E-state index in [0.717, 1.165) is 15.6 Å². The third-order valence-electron chi connectivity index (χ3n) is 3.79. The molecule has 0 bridgehead atoms. The Balaban J connectivity index is 1.62. The lowest BCUT2D eigenvalue weighted by Gasteiger charge is -2.20. The molecule has 0 fully saturated rings. The van der Waals surface area contributed by atoms with Gasteiger partial charge in [-0.15, -0.1) is 10.2 Å². The first-order valence-corrected chi connectivity index (χ1v) is 9.85. The Morgan fingerprint density at radius 3 is 2.78 bits per heavy atom. The third kappa shape index (κ3) is 5.17. The number of rotatable bonds is 6. The summed E-state index contributed by atoms with van der Waals surface area (Å²) in [5.74, 6) is -0.0280. The van der Waals surface area contributed by atoms with Crippen molar-refractivity contribution in [2.24, 2.45) is 0 Å². The number of carbonyl (C=O) groups is 1. The number of carbonyl (C=O) groups excluding carboxylic acids is 1. The molecule has 3 rings (SSSR count). The van der Waals surface area contributed by atoms with Gasteiger partial charge in [0.2, 0.25) is 11.8 Å². The van der Waals surface area contributed by atoms with Crippen LogP contribution in [0.25, 0.3) is 11.5 Å². The van der Waals surface area contributed by atoms with Gasteiger partial charge < -0.3 is 9.32 Å². The van der Waals surface area contributed by atoms with Crippen molar-refractivity contribution in [3.63, 3.8) is 0 Å². The Morgan fingerprint density at radius 1 is 1.26 bits per heavy atom. The van der Waals surface area contributed by atoms with E-state index in [1.165, 1.54) is 23.9 Å². The second-order valence-corrected chi connectivity index (χ2v) is 8.18. The molecule has 0 aliphatic carbocycles. The minimum absolute atomic E-state index is 0.105. The molecule has 27 heavy (non-hydrogen) atoms. The normalized spacial score (nSPS) is 12.0. The first-order chi connectivity index (χ1) is 12.9. The van der Waals surface area contributed by atoms with E-state index in [1.54, 1.807) is 31.0 Å². The quantitative estimate of drug-likeness (QED) is 0.506. The van der Waals surface area contributed by atoms with Crippen LogP contribution in [0.5, 0.6) is 0 Å². The first kappa shape index (κ1) is 19.6. The van der Waals surface area contributed by atoms with Crippen LogP contribution in [-0.2, 0) is 11.3 Å². The molecule has 1 atom stereocenters. The Kier molecular flexibility index (Phi) is 6.28. The molecule has 2 aromatic carbocycles. The molecule has 1 aromatic heterocycles. The molecule has 3 aromatic rings. The van der Waals surface area contributed by atoms with Crippen LogP contribution in [0, 0.1) is 5.82 Å². The first-order valence-electron chi connectivity index (χ1n) is 8.18. The topological polar surface area (TPSA) is 59.2 Å². The van der Waals surface area contributed by atoms with Gasteiger partial charge in [0.05, 0.1) is 5.25 Å². The number of benzene rings is 2. The molecule has 0 radical (unpaired) electrons. The van der Waals surface area contributed by atoms with E-state index < -0.39 is 5.25 Å². The van der Waals surface area contributed by atoms with E-state index in [9.17, 15) is 9.18 Å². The van der Waals surface area contributed by atoms with Crippen LogP contribution in [0.4, 0.5) is 4.39 Å². The number of halogens is 2. The predicted octanol–water partition coefficient (Wildman–Crippen LogP) is 4.78. The van der Waals surface area contributed by atoms with Gasteiger partial charge in [0, 0.05) is 23.6 Å². The maximum absolute atomic E-state index is 13.3. The predicted molar refractivity (Wildman–Crippen MR) is 106 cm³/mol. The molecule has 1 heterocycles. The lowest BCUT2D eigenvalue weighted by molar-refractivity contribution is -0.129. The van der Waals surface area contributed by atoms with Crippen LogP contribution in [0.1, 0.15) is 12.5 Å². The van der Waals surface area contributed by atoms with Gasteiger partial charge in [0.25, 0.3) is 5.22 Å². The lowest BCUT2D eigenvalue weighted by atomic mass is 10.2. The summed E-state index contributed by atoms with van der Waals surface area (Å²) in [6, 6.07) is 13.7. The van der Waals surface area contributed by atoms with Gasteiger partial charge in [-0.1, -0.05) is 45.9 Å². The molecule has 140 valence electrons. The number of hydrogen-bond acceptors (Lipinski definition) is 5. The summed E-state index contributed by atoms with van der Waals surface area (Å²) >= 11 is 4.60. The monoisotopic (exact) mass is 449 g/mol. The minimum atomic E-state index is -0.417. The fourth-order valence-corrected chi connectivity index (χ4v) is 3.69. The van der Waals surface area contributed by atoms with Gasteiger partial charge in [0.1, 0.15) is 5.82 Å². The van der Waals surface area contributed by atoms with Crippen molar-refractivity contribution in [3.05, 3.63) is 64.4 Å². The Bertz CT molecular complexity index is 950. The zero-order valence-electron chi connectivity index (χ0n) is 14.7. The summed E-state index contributed by atoms with van der Waals surface area (Å²) < 4.78 is 19.9. The van der Waals surface area contributed by atoms with E-state index in [4.69, 9.17) is 4.42 Å². The molecule has 1 unspecified atom stereocenters. The van der Waals surface area contributed by atoms with E-state index in [1.807, 2.05) is 24.3 Å². The maximum atomic E-state index is 13.3. The molecule has 0 spiro atoms. The van der Waals surface area contributed by atoms with Crippen molar-refractivity contribution in [2.45, 2.75) is 23.9 Å². The highest BCUT2D eigenvalue weighted by molar-refractivity contribution is 9.10. The molecular weight excluding hydrogens is 433 g/mol. The highest BCUT2D eigenvalue weighted by Crippen LogP contribution is 2.28. The summed E-state index contributed by atoms with van der Waals surface area (Å²) in [7, 11) is 1.69. The van der Waals surface area contributed by atoms with Gasteiger partial charge in [-0.25, -0.2) is 4.39 Å². The zero-order valence-corrected chi connectivity index (χ0v) is 17.1. The minimum Gasteiger partial charge on any atom is -0.411 e. The van der Waals surface area contributed by atoms with Crippen LogP contribution < -0.4 is 0 Å². The molecule has 0 saturated heterocycles. The number of aromatic nitrogens is 2. The Labute approximate surface area is 169 Å². The smallest absolute Gasteiger partial charge is 0.277 e. The fraction of sp³-hybridized carbons (Fsp3) is 0.211. The Morgan fingerprint density at radius 2 is 2.04 bits per heavy atom. The van der Waals surface area contributed by atoms with Gasteiger partial charge in [0.15, 0.2) is 0 Å². The highest BCUT2D eigenvalue weighted by atomic mass is 79.9. The van der Waals surface area contributed by atoms with Gasteiger partial charge in [-0.3, -0.25) is 4.79 Å². The van der Waals surface area contributed by atoms with Crippen molar-refractivity contribution in [3.8, 4) is 11.5 Å². The standard InChI is InChI=1S/C19H17BrFN3O2S/c1-12(18(25)24(2)11-13-5-3-8-16(21)9-13)27-19-23-22-17(26-19)14-6-4-7-15(20)10-14/h3-10,12H,11H2,1-2H3. The van der Waals surface area contributed by atoms with Crippen molar-refractivity contribution < 1.29 is 13.6 Å². The third-order valence-corrected chi connectivity index (χ3v) is 5.20. The number of amides is 1. The second kappa shape index (κ2) is 8.67. The highest BCUT2D eigenvalue weighted by Gasteiger charge is 2.22. The molecule has 1 amide bonds. The number of nitrogens with zero attached hydrogens (tertiary/aromatic N) is 3. The van der Waals surface area contributed by atoms with E-state index in [0.29, 0.717) is 17.7 Å². The molecule has 0 aliphatic rings. The van der Waals surface area contributed by atoms with Crippen molar-refractivity contribution in [1.82, 2.24) is 15.1 Å². The molecular formula is C19H17BrFN3O2S. The van der Waals surface area contributed by atoms with Crippen molar-refractivity contribution >= 4 is 33.6 Å². The summed E-state index contributed by atoms with van der Waals surface area (Å²) in [4.78, 5) is 14.1. The summed E-state index contributed by atoms with van der Waals surface area (Å²) in [5.41, 5.74) is 1.53. The van der Waals surface area contributed by atoms with Crippen LogP contribution in [-0.4, -0.2) is 33.3 Å². The Hall–Kier alpha value is -2.19. The average molecular weight is 450 g/mol. The summed E-state index contributed by atoms with van der Waals surface area (Å²) in [6.07, 6.45) is 0. The second-order valence-electron chi connectivity index (χ2n) is 5.97. The average Bonchev–Trinajstić information content (AvgIpc) is 3.09. The molecule has 0 N–H and O–H groups in total. The van der Waals surface area contributed by atoms with E-state index in [-0.39, 0.29) is 11.7 Å². The van der Waals surface area contributed by atoms with E-state index >= 15 is 0 Å². The van der Waals surface area contributed by atoms with Crippen LogP contribution in [0.3, 0.4) is 0 Å². The van der Waals surface area contributed by atoms with Crippen molar-refractivity contribution in [2.75, 3.05) is 7.05 Å². The van der Waals surface area contributed by atoms with Crippen LogP contribution >= 0.6 is 27.7 Å². The summed E-state index contributed by atoms with van der Waals surface area (Å²) in [5, 5.41) is 7.95. The van der Waals surface area contributed by atoms with Crippen LogP contribution in [0.15, 0.2) is 62.6 Å².